The maximum Gasteiger partial charge on any atom is 0.119 e. The van der Waals surface area contributed by atoms with E-state index in [2.05, 4.69) is 120 Å². The quantitative estimate of drug-likeness (QED) is 0.201. The standard InChI is InChI=1S/C38H43NO2/c1-7-9-19-40-27-13-15-29-31-21-25(11-17-33(31)37(3,4)35(29)23-27)39-26-12-18-34-32(22-26)30-16-14-28(41-20-10-8-2)24-36(30)38(34,5)6/h11-18,21-24,39H,7-10,19-20H2,1-6H3. The van der Waals surface area contributed by atoms with E-state index in [-0.39, 0.29) is 10.8 Å². The van der Waals surface area contributed by atoms with Crippen LogP contribution in [0.25, 0.3) is 22.3 Å². The molecule has 1 N–H and O–H groups in total. The molecule has 0 saturated heterocycles. The monoisotopic (exact) mass is 545 g/mol. The van der Waals surface area contributed by atoms with Gasteiger partial charge in [-0.25, -0.2) is 0 Å². The van der Waals surface area contributed by atoms with Gasteiger partial charge < -0.3 is 14.8 Å². The predicted molar refractivity (Wildman–Crippen MR) is 172 cm³/mol. The van der Waals surface area contributed by atoms with Crippen LogP contribution in [-0.2, 0) is 10.8 Å². The average Bonchev–Trinajstić information content (AvgIpc) is 3.32. The van der Waals surface area contributed by atoms with E-state index in [0.717, 1.165) is 61.8 Å². The number of anilines is 2. The van der Waals surface area contributed by atoms with Crippen LogP contribution in [0.3, 0.4) is 0 Å². The summed E-state index contributed by atoms with van der Waals surface area (Å²) in [5.74, 6) is 1.94. The molecular formula is C38H43NO2. The second-order valence-corrected chi connectivity index (χ2v) is 12.7. The highest BCUT2D eigenvalue weighted by Crippen LogP contribution is 2.52. The number of nitrogens with one attached hydrogen (secondary N) is 1. The summed E-state index contributed by atoms with van der Waals surface area (Å²) in [6.45, 7) is 15.2. The summed E-state index contributed by atoms with van der Waals surface area (Å²) in [5.41, 5.74) is 12.7. The van der Waals surface area contributed by atoms with E-state index in [9.17, 15) is 0 Å². The molecule has 0 aromatic heterocycles. The van der Waals surface area contributed by atoms with Crippen molar-refractivity contribution in [2.45, 2.75) is 78.1 Å². The van der Waals surface area contributed by atoms with Crippen molar-refractivity contribution >= 4 is 11.4 Å². The zero-order valence-corrected chi connectivity index (χ0v) is 25.5. The first-order chi connectivity index (χ1) is 19.7. The molecule has 2 aliphatic carbocycles. The Bertz CT molecular complexity index is 1480. The lowest BCUT2D eigenvalue weighted by molar-refractivity contribution is 0.308. The van der Waals surface area contributed by atoms with Gasteiger partial charge in [-0.3, -0.25) is 0 Å². The molecule has 0 saturated carbocycles. The molecule has 0 aliphatic heterocycles. The van der Waals surface area contributed by atoms with Gasteiger partial charge >= 0.3 is 0 Å². The largest absolute Gasteiger partial charge is 0.494 e. The number of rotatable bonds is 10. The van der Waals surface area contributed by atoms with E-state index >= 15 is 0 Å². The highest BCUT2D eigenvalue weighted by Gasteiger charge is 2.37. The molecule has 0 fully saturated rings. The maximum absolute atomic E-state index is 6.05. The minimum Gasteiger partial charge on any atom is -0.494 e. The molecule has 0 bridgehead atoms. The van der Waals surface area contributed by atoms with Crippen molar-refractivity contribution in [3.8, 4) is 33.8 Å². The molecule has 0 atom stereocenters. The number of hydrogen-bond acceptors (Lipinski definition) is 3. The van der Waals surface area contributed by atoms with Gasteiger partial charge in [-0.1, -0.05) is 78.6 Å². The number of fused-ring (bicyclic) bond motifs is 6. The minimum atomic E-state index is -0.0602. The fourth-order valence-corrected chi connectivity index (χ4v) is 6.64. The van der Waals surface area contributed by atoms with Crippen LogP contribution < -0.4 is 14.8 Å². The van der Waals surface area contributed by atoms with Crippen molar-refractivity contribution < 1.29 is 9.47 Å². The Kier molecular flexibility index (Phi) is 7.09. The number of unbranched alkanes of at least 4 members (excludes halogenated alkanes) is 2. The molecule has 3 heteroatoms. The van der Waals surface area contributed by atoms with Crippen LogP contribution in [0.2, 0.25) is 0 Å². The van der Waals surface area contributed by atoms with Gasteiger partial charge in [0.15, 0.2) is 0 Å². The highest BCUT2D eigenvalue weighted by atomic mass is 16.5. The maximum atomic E-state index is 6.05. The number of ether oxygens (including phenoxy) is 2. The predicted octanol–water partition coefficient (Wildman–Crippen LogP) is 10.4. The smallest absolute Gasteiger partial charge is 0.119 e. The van der Waals surface area contributed by atoms with Crippen molar-refractivity contribution in [3.05, 3.63) is 95.1 Å². The van der Waals surface area contributed by atoms with E-state index < -0.39 is 0 Å². The topological polar surface area (TPSA) is 30.5 Å². The first-order valence-corrected chi connectivity index (χ1v) is 15.4. The van der Waals surface area contributed by atoms with Crippen LogP contribution in [0.1, 0.15) is 89.5 Å². The Morgan fingerprint density at radius 2 is 0.951 bits per heavy atom. The molecule has 6 rings (SSSR count). The lowest BCUT2D eigenvalue weighted by atomic mass is 9.82. The third-order valence-electron chi connectivity index (χ3n) is 9.12. The van der Waals surface area contributed by atoms with Crippen LogP contribution in [0.15, 0.2) is 72.8 Å². The first kappa shape index (κ1) is 27.4. The average molecular weight is 546 g/mol. The summed E-state index contributed by atoms with van der Waals surface area (Å²) < 4.78 is 12.1. The van der Waals surface area contributed by atoms with Crippen LogP contribution in [0.4, 0.5) is 11.4 Å². The van der Waals surface area contributed by atoms with Gasteiger partial charge in [-0.15, -0.1) is 0 Å². The molecule has 0 spiro atoms. The summed E-state index contributed by atoms with van der Waals surface area (Å²) in [7, 11) is 0. The fourth-order valence-electron chi connectivity index (χ4n) is 6.64. The van der Waals surface area contributed by atoms with Crippen LogP contribution in [0.5, 0.6) is 11.5 Å². The van der Waals surface area contributed by atoms with E-state index in [4.69, 9.17) is 9.47 Å². The molecule has 0 unspecified atom stereocenters. The summed E-state index contributed by atoms with van der Waals surface area (Å²) in [6.07, 6.45) is 4.44. The highest BCUT2D eigenvalue weighted by molar-refractivity contribution is 5.86. The molecule has 0 amide bonds. The Hall–Kier alpha value is -3.72. The Balaban J connectivity index is 1.28. The lowest BCUT2D eigenvalue weighted by Gasteiger charge is -2.22. The lowest BCUT2D eigenvalue weighted by Crippen LogP contribution is -2.15. The molecular weight excluding hydrogens is 502 g/mol. The molecule has 4 aromatic rings. The van der Waals surface area contributed by atoms with Crippen molar-refractivity contribution in [1.82, 2.24) is 0 Å². The van der Waals surface area contributed by atoms with E-state index in [1.165, 1.54) is 44.5 Å². The Labute approximate surface area is 245 Å². The van der Waals surface area contributed by atoms with Gasteiger partial charge in [-0.05, 0) is 106 Å². The molecule has 41 heavy (non-hydrogen) atoms. The second-order valence-electron chi connectivity index (χ2n) is 12.7. The Morgan fingerprint density at radius 3 is 1.37 bits per heavy atom. The van der Waals surface area contributed by atoms with Crippen molar-refractivity contribution in [2.24, 2.45) is 0 Å². The molecule has 0 radical (unpaired) electrons. The SMILES string of the molecule is CCCCOc1ccc2c(c1)C(C)(C)c1ccc(Nc3ccc4c(c3)-c3ccc(OCCCC)cc3C4(C)C)cc1-2. The van der Waals surface area contributed by atoms with Gasteiger partial charge in [0.25, 0.3) is 0 Å². The zero-order valence-electron chi connectivity index (χ0n) is 25.5. The molecule has 4 aromatic carbocycles. The summed E-state index contributed by atoms with van der Waals surface area (Å²) >= 11 is 0. The summed E-state index contributed by atoms with van der Waals surface area (Å²) in [5, 5.41) is 3.72. The molecule has 2 aliphatic rings. The fraction of sp³-hybridized carbons (Fsp3) is 0.368. The molecule has 0 heterocycles. The normalized spacial score (nSPS) is 15.1. The molecule has 3 nitrogen and oxygen atoms in total. The van der Waals surface area contributed by atoms with Gasteiger partial charge in [0.05, 0.1) is 13.2 Å². The van der Waals surface area contributed by atoms with E-state index in [1.54, 1.807) is 0 Å². The molecule has 212 valence electrons. The van der Waals surface area contributed by atoms with Crippen LogP contribution in [-0.4, -0.2) is 13.2 Å². The first-order valence-electron chi connectivity index (χ1n) is 15.4. The van der Waals surface area contributed by atoms with Crippen LogP contribution >= 0.6 is 0 Å². The third-order valence-corrected chi connectivity index (χ3v) is 9.12. The number of hydrogen-bond donors (Lipinski definition) is 1. The van der Waals surface area contributed by atoms with Crippen molar-refractivity contribution in [3.63, 3.8) is 0 Å². The van der Waals surface area contributed by atoms with Gasteiger partial charge in [0, 0.05) is 22.2 Å². The minimum absolute atomic E-state index is 0.0602. The Morgan fingerprint density at radius 1 is 0.512 bits per heavy atom. The zero-order chi connectivity index (χ0) is 28.8. The van der Waals surface area contributed by atoms with Crippen LogP contribution in [0, 0.1) is 0 Å². The van der Waals surface area contributed by atoms with E-state index in [1.807, 2.05) is 0 Å². The van der Waals surface area contributed by atoms with Gasteiger partial charge in [-0.2, -0.15) is 0 Å². The van der Waals surface area contributed by atoms with Gasteiger partial charge in [0.1, 0.15) is 11.5 Å². The van der Waals surface area contributed by atoms with Crippen molar-refractivity contribution in [1.29, 1.82) is 0 Å². The number of benzene rings is 4. The van der Waals surface area contributed by atoms with E-state index in [0.29, 0.717) is 0 Å². The summed E-state index contributed by atoms with van der Waals surface area (Å²) in [4.78, 5) is 0. The second kappa shape index (κ2) is 10.6. The van der Waals surface area contributed by atoms with Gasteiger partial charge in [0.2, 0.25) is 0 Å². The van der Waals surface area contributed by atoms with Crippen molar-refractivity contribution in [2.75, 3.05) is 18.5 Å². The summed E-state index contributed by atoms with van der Waals surface area (Å²) in [6, 6.07) is 26.9. The third kappa shape index (κ3) is 4.80.